The van der Waals surface area contributed by atoms with E-state index in [-0.39, 0.29) is 10.8 Å². The number of nitrogens with zero attached hydrogens (tertiary/aromatic N) is 4. The van der Waals surface area contributed by atoms with Gasteiger partial charge in [-0.2, -0.15) is 4.72 Å². The topological polar surface area (TPSA) is 111 Å². The quantitative estimate of drug-likeness (QED) is 0.545. The molecule has 1 unspecified atom stereocenters. The van der Waals surface area contributed by atoms with Crippen molar-refractivity contribution in [3.05, 3.63) is 36.4 Å². The Morgan fingerprint density at radius 3 is 2.49 bits per heavy atom. The summed E-state index contributed by atoms with van der Waals surface area (Å²) in [6.07, 6.45) is 4.01. The number of benzene rings is 2. The maximum Gasteiger partial charge on any atom is 0.241 e. The van der Waals surface area contributed by atoms with Gasteiger partial charge in [0.2, 0.25) is 15.9 Å². The third-order valence-electron chi connectivity index (χ3n) is 6.78. The van der Waals surface area contributed by atoms with Gasteiger partial charge in [0.05, 0.1) is 11.4 Å². The van der Waals surface area contributed by atoms with Crippen LogP contribution in [-0.4, -0.2) is 82.9 Å². The molecule has 190 valence electrons. The Morgan fingerprint density at radius 2 is 1.80 bits per heavy atom. The van der Waals surface area contributed by atoms with Gasteiger partial charge in [-0.3, -0.25) is 9.79 Å². The normalized spacial score (nSPS) is 17.5. The fraction of sp³-hybridized carbons (Fsp3) is 0.520. The van der Waals surface area contributed by atoms with Crippen LogP contribution in [0.15, 0.2) is 46.3 Å². The molecule has 35 heavy (non-hydrogen) atoms. The minimum absolute atomic E-state index is 0.148. The summed E-state index contributed by atoms with van der Waals surface area (Å²) in [4.78, 5) is 23.6. The van der Waals surface area contributed by atoms with Gasteiger partial charge < -0.3 is 20.4 Å². The van der Waals surface area contributed by atoms with E-state index in [1.807, 2.05) is 48.2 Å². The third kappa shape index (κ3) is 5.70. The number of hydrogen-bond donors (Lipinski definition) is 2. The van der Waals surface area contributed by atoms with E-state index < -0.39 is 16.1 Å². The first kappa shape index (κ1) is 25.2. The van der Waals surface area contributed by atoms with E-state index >= 15 is 0 Å². The average molecular weight is 501 g/mol. The monoisotopic (exact) mass is 500 g/mol. The molecule has 0 saturated carbocycles. The summed E-state index contributed by atoms with van der Waals surface area (Å²) in [7, 11) is -0.0907. The molecule has 0 radical (unpaired) electrons. The number of sulfonamides is 1. The maximum absolute atomic E-state index is 13.7. The Morgan fingerprint density at radius 1 is 1.09 bits per heavy atom. The molecular formula is C25H36N6O3S. The Balaban J connectivity index is 1.59. The number of piperidine rings is 1. The zero-order valence-electron chi connectivity index (χ0n) is 20.6. The summed E-state index contributed by atoms with van der Waals surface area (Å²) in [5.41, 5.74) is 6.86. The zero-order chi connectivity index (χ0) is 25.0. The molecule has 2 aliphatic rings. The highest BCUT2D eigenvalue weighted by Gasteiger charge is 2.31. The first-order chi connectivity index (χ1) is 16.8. The van der Waals surface area contributed by atoms with Crippen LogP contribution >= 0.6 is 0 Å². The number of anilines is 1. The van der Waals surface area contributed by atoms with Crippen LogP contribution in [0.3, 0.4) is 0 Å². The molecule has 1 saturated heterocycles. The fourth-order valence-corrected chi connectivity index (χ4v) is 6.36. The lowest BCUT2D eigenvalue weighted by Gasteiger charge is -2.31. The number of fused-ring (bicyclic) bond motifs is 1. The molecule has 10 heteroatoms. The minimum Gasteiger partial charge on any atom is -0.377 e. The highest BCUT2D eigenvalue weighted by molar-refractivity contribution is 7.89. The summed E-state index contributed by atoms with van der Waals surface area (Å²) >= 11 is 0. The lowest BCUT2D eigenvalue weighted by atomic mass is 10.1. The molecule has 3 N–H and O–H groups in total. The second-order valence-electron chi connectivity index (χ2n) is 9.45. The van der Waals surface area contributed by atoms with E-state index in [1.165, 1.54) is 0 Å². The molecule has 2 aliphatic heterocycles. The van der Waals surface area contributed by atoms with Crippen molar-refractivity contribution in [3.8, 4) is 0 Å². The smallest absolute Gasteiger partial charge is 0.241 e. The number of hydrogen-bond acceptors (Lipinski definition) is 7. The summed E-state index contributed by atoms with van der Waals surface area (Å²) in [5, 5.41) is 1.49. The Hall–Kier alpha value is -2.85. The molecule has 2 aromatic carbocycles. The van der Waals surface area contributed by atoms with Crippen LogP contribution in [0.1, 0.15) is 32.1 Å². The van der Waals surface area contributed by atoms with Gasteiger partial charge in [0.25, 0.3) is 0 Å². The Labute approximate surface area is 208 Å². The maximum atomic E-state index is 13.7. The van der Waals surface area contributed by atoms with Gasteiger partial charge in [-0.05, 0) is 44.2 Å². The number of rotatable bonds is 9. The van der Waals surface area contributed by atoms with Gasteiger partial charge in [0.15, 0.2) is 5.96 Å². The predicted molar refractivity (Wildman–Crippen MR) is 140 cm³/mol. The first-order valence-corrected chi connectivity index (χ1v) is 13.8. The number of carbonyl (C=O) groups is 1. The summed E-state index contributed by atoms with van der Waals surface area (Å²) in [6.45, 7) is 3.41. The molecular weight excluding hydrogens is 464 g/mol. The van der Waals surface area contributed by atoms with Gasteiger partial charge in [0.1, 0.15) is 6.04 Å². The number of guanidine groups is 1. The second-order valence-corrected chi connectivity index (χ2v) is 11.1. The second kappa shape index (κ2) is 10.8. The van der Waals surface area contributed by atoms with Crippen LogP contribution in [0.25, 0.3) is 10.8 Å². The van der Waals surface area contributed by atoms with Crippen molar-refractivity contribution in [1.82, 2.24) is 14.5 Å². The van der Waals surface area contributed by atoms with Crippen molar-refractivity contribution in [3.63, 3.8) is 0 Å². The van der Waals surface area contributed by atoms with E-state index in [1.54, 1.807) is 17.0 Å². The number of nitrogens with two attached hydrogens (primary N) is 1. The van der Waals surface area contributed by atoms with E-state index in [9.17, 15) is 13.2 Å². The molecule has 0 aromatic heterocycles. The molecule has 1 atom stereocenters. The highest BCUT2D eigenvalue weighted by Crippen LogP contribution is 2.30. The molecule has 2 aromatic rings. The largest absolute Gasteiger partial charge is 0.377 e. The standard InChI is InChI=1S/C25H36N6O3S/c1-29(2)22-12-6-10-20-19(22)9-7-13-23(20)35(33,34)28-21(24(32)30-15-4-3-5-16-30)11-8-17-31-18-14-27-25(31)26/h6-7,9-10,12-13,21,28H,3-5,8,11,14-18H2,1-2H3,(H2,26,27). The van der Waals surface area contributed by atoms with Crippen molar-refractivity contribution >= 4 is 38.3 Å². The molecule has 0 bridgehead atoms. The van der Waals surface area contributed by atoms with E-state index in [2.05, 4.69) is 9.71 Å². The lowest BCUT2D eigenvalue weighted by Crippen LogP contribution is -2.50. The van der Waals surface area contributed by atoms with E-state index in [4.69, 9.17) is 5.73 Å². The summed E-state index contributed by atoms with van der Waals surface area (Å²) < 4.78 is 30.1. The number of likely N-dealkylation sites (tertiary alicyclic amines) is 1. The number of carbonyl (C=O) groups excluding carboxylic acids is 1. The van der Waals surface area contributed by atoms with Crippen LogP contribution in [-0.2, 0) is 14.8 Å². The third-order valence-corrected chi connectivity index (χ3v) is 8.31. The lowest BCUT2D eigenvalue weighted by molar-refractivity contribution is -0.134. The molecule has 9 nitrogen and oxygen atoms in total. The van der Waals surface area contributed by atoms with Crippen molar-refractivity contribution in [2.45, 2.75) is 43.0 Å². The minimum atomic E-state index is -3.95. The van der Waals surface area contributed by atoms with Crippen LogP contribution in [0.5, 0.6) is 0 Å². The average Bonchev–Trinajstić information content (AvgIpc) is 3.27. The van der Waals surface area contributed by atoms with Crippen LogP contribution in [0, 0.1) is 0 Å². The van der Waals surface area contributed by atoms with Crippen molar-refractivity contribution in [1.29, 1.82) is 0 Å². The van der Waals surface area contributed by atoms with Crippen LogP contribution in [0.2, 0.25) is 0 Å². The zero-order valence-corrected chi connectivity index (χ0v) is 21.4. The van der Waals surface area contributed by atoms with Gasteiger partial charge in [-0.1, -0.05) is 24.3 Å². The van der Waals surface area contributed by atoms with Gasteiger partial charge in [-0.15, -0.1) is 0 Å². The predicted octanol–water partition coefficient (Wildman–Crippen LogP) is 1.98. The van der Waals surface area contributed by atoms with Crippen molar-refractivity contribution in [2.75, 3.05) is 51.7 Å². The van der Waals surface area contributed by atoms with Crippen LogP contribution in [0.4, 0.5) is 5.69 Å². The molecule has 4 rings (SSSR count). The molecule has 1 amide bonds. The van der Waals surface area contributed by atoms with E-state index in [0.29, 0.717) is 50.4 Å². The van der Waals surface area contributed by atoms with Gasteiger partial charge >= 0.3 is 0 Å². The highest BCUT2D eigenvalue weighted by atomic mass is 32.2. The SMILES string of the molecule is CN(C)c1cccc2c(S(=O)(=O)NC(CCCN3CCN=C3N)C(=O)N3CCCCC3)cccc12. The Kier molecular flexibility index (Phi) is 7.81. The number of amides is 1. The molecule has 2 heterocycles. The fourth-order valence-electron chi connectivity index (χ4n) is 4.92. The van der Waals surface area contributed by atoms with Crippen molar-refractivity contribution in [2.24, 2.45) is 10.7 Å². The summed E-state index contributed by atoms with van der Waals surface area (Å²) in [5.74, 6) is 0.363. The summed E-state index contributed by atoms with van der Waals surface area (Å²) in [6, 6.07) is 10.1. The van der Waals surface area contributed by atoms with Gasteiger partial charge in [-0.25, -0.2) is 8.42 Å². The molecule has 0 aliphatic carbocycles. The van der Waals surface area contributed by atoms with Crippen LogP contribution < -0.4 is 15.4 Å². The van der Waals surface area contributed by atoms with Crippen molar-refractivity contribution < 1.29 is 13.2 Å². The number of nitrogens with one attached hydrogen (secondary N) is 1. The molecule has 0 spiro atoms. The number of aliphatic imine (C=N–C) groups is 1. The van der Waals surface area contributed by atoms with Gasteiger partial charge in [0, 0.05) is 56.7 Å². The molecule has 1 fully saturated rings. The van der Waals surface area contributed by atoms with E-state index in [0.717, 1.165) is 36.9 Å². The Bertz CT molecular complexity index is 1190. The first-order valence-electron chi connectivity index (χ1n) is 12.3.